The molecule has 0 aliphatic carbocycles. The number of nitrogens with zero attached hydrogens (tertiary/aromatic N) is 2. The average Bonchev–Trinajstić information content (AvgIpc) is 2.53. The molecular weight excluding hydrogens is 298 g/mol. The van der Waals surface area contributed by atoms with E-state index in [1.54, 1.807) is 0 Å². The van der Waals surface area contributed by atoms with Gasteiger partial charge in [0.15, 0.2) is 6.10 Å². The number of aliphatic hydroxyl groups is 4. The molecule has 4 atom stereocenters. The van der Waals surface area contributed by atoms with E-state index in [0.717, 1.165) is 0 Å². The molecule has 1 amide bonds. The van der Waals surface area contributed by atoms with E-state index in [2.05, 4.69) is 10.1 Å². The second kappa shape index (κ2) is 8.14. The van der Waals surface area contributed by atoms with Crippen LogP contribution in [0.3, 0.4) is 0 Å². The third-order valence-corrected chi connectivity index (χ3v) is 2.61. The van der Waals surface area contributed by atoms with Gasteiger partial charge < -0.3 is 25.5 Å². The summed E-state index contributed by atoms with van der Waals surface area (Å²) in [4.78, 5) is 25.7. The summed E-state index contributed by atoms with van der Waals surface area (Å²) in [5.41, 5.74) is 2.30. The van der Waals surface area contributed by atoms with Crippen molar-refractivity contribution >= 4 is 18.1 Å². The molecule has 0 aliphatic rings. The van der Waals surface area contributed by atoms with Crippen molar-refractivity contribution in [1.29, 1.82) is 0 Å². The molecular formula is C12H15N3O7. The lowest BCUT2D eigenvalue weighted by molar-refractivity contribution is -0.160. The fourth-order valence-corrected chi connectivity index (χ4v) is 1.36. The SMILES string of the molecule is O=C(N/N=C/[C@@H](O)[C@@H](O)[C@H](O)[C@H](O)C(=O)O)c1ccncc1. The Balaban J connectivity index is 2.55. The highest BCUT2D eigenvalue weighted by atomic mass is 16.4. The standard InChI is InChI=1S/C12H15N3O7/c16-7(8(17)9(18)10(19)12(21)22)5-14-15-11(20)6-1-3-13-4-2-6/h1-5,7-10,16-19H,(H,15,20)(H,21,22)/b14-5+/t7-,8-,9+,10+/m1/s1. The number of hydrogen-bond acceptors (Lipinski definition) is 8. The third-order valence-electron chi connectivity index (χ3n) is 2.61. The van der Waals surface area contributed by atoms with Gasteiger partial charge >= 0.3 is 5.97 Å². The predicted octanol–water partition coefficient (Wildman–Crippen LogP) is -2.67. The van der Waals surface area contributed by atoms with Gasteiger partial charge in [-0.15, -0.1) is 0 Å². The molecule has 120 valence electrons. The van der Waals surface area contributed by atoms with Crippen LogP contribution in [0.15, 0.2) is 29.6 Å². The van der Waals surface area contributed by atoms with Gasteiger partial charge in [-0.1, -0.05) is 0 Å². The third kappa shape index (κ3) is 4.86. The number of aliphatic hydroxyl groups excluding tert-OH is 4. The lowest BCUT2D eigenvalue weighted by atomic mass is 10.0. The Morgan fingerprint density at radius 2 is 1.73 bits per heavy atom. The van der Waals surface area contributed by atoms with E-state index >= 15 is 0 Å². The van der Waals surface area contributed by atoms with Gasteiger partial charge in [0, 0.05) is 18.0 Å². The van der Waals surface area contributed by atoms with Gasteiger partial charge in [-0.2, -0.15) is 5.10 Å². The van der Waals surface area contributed by atoms with Crippen LogP contribution in [0.1, 0.15) is 10.4 Å². The van der Waals surface area contributed by atoms with Crippen LogP contribution in [0.5, 0.6) is 0 Å². The molecule has 0 spiro atoms. The van der Waals surface area contributed by atoms with E-state index in [9.17, 15) is 24.9 Å². The Hall–Kier alpha value is -2.40. The monoisotopic (exact) mass is 313 g/mol. The molecule has 0 saturated carbocycles. The minimum absolute atomic E-state index is 0.253. The number of amides is 1. The van der Waals surface area contributed by atoms with Crippen LogP contribution in [0.2, 0.25) is 0 Å². The highest BCUT2D eigenvalue weighted by molar-refractivity contribution is 5.94. The molecule has 10 heteroatoms. The second-order valence-corrected chi connectivity index (χ2v) is 4.21. The van der Waals surface area contributed by atoms with E-state index in [1.165, 1.54) is 24.5 Å². The van der Waals surface area contributed by atoms with E-state index in [1.807, 2.05) is 5.43 Å². The zero-order valence-electron chi connectivity index (χ0n) is 11.1. The first-order chi connectivity index (χ1) is 10.3. The van der Waals surface area contributed by atoms with Crippen molar-refractivity contribution in [1.82, 2.24) is 10.4 Å². The van der Waals surface area contributed by atoms with Crippen LogP contribution in [0.25, 0.3) is 0 Å². The number of carbonyl (C=O) groups excluding carboxylic acids is 1. The minimum atomic E-state index is -2.27. The van der Waals surface area contributed by atoms with Crippen LogP contribution in [0.4, 0.5) is 0 Å². The van der Waals surface area contributed by atoms with E-state index in [4.69, 9.17) is 10.2 Å². The van der Waals surface area contributed by atoms with Crippen molar-refractivity contribution in [3.63, 3.8) is 0 Å². The normalized spacial score (nSPS) is 16.7. The Bertz CT molecular complexity index is 537. The van der Waals surface area contributed by atoms with Gasteiger partial charge in [0.05, 0.1) is 6.21 Å². The van der Waals surface area contributed by atoms with Gasteiger partial charge in [0.25, 0.3) is 5.91 Å². The Labute approximate surface area is 124 Å². The summed E-state index contributed by atoms with van der Waals surface area (Å²) < 4.78 is 0. The molecule has 0 radical (unpaired) electrons. The summed E-state index contributed by atoms with van der Waals surface area (Å²) in [6.07, 6.45) is -4.75. The smallest absolute Gasteiger partial charge is 0.335 e. The summed E-state index contributed by atoms with van der Waals surface area (Å²) in [5, 5.41) is 49.1. The van der Waals surface area contributed by atoms with Crippen molar-refractivity contribution in [3.8, 4) is 0 Å². The number of hydrazone groups is 1. The average molecular weight is 313 g/mol. The summed E-state index contributed by atoms with van der Waals surface area (Å²) in [5.74, 6) is -2.37. The summed E-state index contributed by atoms with van der Waals surface area (Å²) >= 11 is 0. The molecule has 0 unspecified atom stereocenters. The Kier molecular flexibility index (Phi) is 6.53. The van der Waals surface area contributed by atoms with Crippen molar-refractivity contribution in [2.45, 2.75) is 24.4 Å². The molecule has 0 aliphatic heterocycles. The zero-order chi connectivity index (χ0) is 16.7. The van der Waals surface area contributed by atoms with Crippen LogP contribution in [0, 0.1) is 0 Å². The molecule has 22 heavy (non-hydrogen) atoms. The van der Waals surface area contributed by atoms with Gasteiger partial charge in [0.2, 0.25) is 0 Å². The maximum absolute atomic E-state index is 11.6. The van der Waals surface area contributed by atoms with Gasteiger partial charge in [-0.3, -0.25) is 9.78 Å². The summed E-state index contributed by atoms with van der Waals surface area (Å²) in [6.45, 7) is 0. The first-order valence-corrected chi connectivity index (χ1v) is 6.03. The number of nitrogens with one attached hydrogen (secondary N) is 1. The zero-order valence-corrected chi connectivity index (χ0v) is 11.1. The van der Waals surface area contributed by atoms with Gasteiger partial charge in [-0.05, 0) is 12.1 Å². The summed E-state index contributed by atoms with van der Waals surface area (Å²) in [6, 6.07) is 2.84. The van der Waals surface area contributed by atoms with Crippen LogP contribution in [-0.2, 0) is 4.79 Å². The van der Waals surface area contributed by atoms with Crippen LogP contribution < -0.4 is 5.43 Å². The minimum Gasteiger partial charge on any atom is -0.479 e. The predicted molar refractivity (Wildman–Crippen MR) is 71.9 cm³/mol. The molecule has 1 rings (SSSR count). The molecule has 1 aromatic heterocycles. The fraction of sp³-hybridized carbons (Fsp3) is 0.333. The molecule has 6 N–H and O–H groups in total. The van der Waals surface area contributed by atoms with Crippen LogP contribution >= 0.6 is 0 Å². The number of rotatable bonds is 7. The molecule has 1 heterocycles. The lowest BCUT2D eigenvalue weighted by Crippen LogP contribution is -2.48. The highest BCUT2D eigenvalue weighted by Gasteiger charge is 2.33. The lowest BCUT2D eigenvalue weighted by Gasteiger charge is -2.22. The van der Waals surface area contributed by atoms with Crippen LogP contribution in [-0.4, -0.2) is 73.0 Å². The van der Waals surface area contributed by atoms with Gasteiger partial charge in [0.1, 0.15) is 18.3 Å². The number of carbonyl (C=O) groups is 2. The Morgan fingerprint density at radius 3 is 2.27 bits per heavy atom. The molecule has 0 bridgehead atoms. The number of carboxylic acid groups (broad SMARTS) is 1. The quantitative estimate of drug-likeness (QED) is 0.233. The fourth-order valence-electron chi connectivity index (χ4n) is 1.36. The molecule has 10 nitrogen and oxygen atoms in total. The molecule has 0 saturated heterocycles. The first kappa shape index (κ1) is 17.7. The van der Waals surface area contributed by atoms with E-state index in [0.29, 0.717) is 6.21 Å². The van der Waals surface area contributed by atoms with E-state index < -0.39 is 36.3 Å². The molecule has 0 aromatic carbocycles. The number of hydrogen-bond donors (Lipinski definition) is 6. The van der Waals surface area contributed by atoms with Crippen molar-refractivity contribution in [3.05, 3.63) is 30.1 Å². The summed E-state index contributed by atoms with van der Waals surface area (Å²) in [7, 11) is 0. The number of pyridine rings is 1. The largest absolute Gasteiger partial charge is 0.479 e. The topological polar surface area (TPSA) is 173 Å². The second-order valence-electron chi connectivity index (χ2n) is 4.21. The van der Waals surface area contributed by atoms with Crippen molar-refractivity contribution in [2.75, 3.05) is 0 Å². The number of carboxylic acids is 1. The maximum atomic E-state index is 11.6. The van der Waals surface area contributed by atoms with E-state index in [-0.39, 0.29) is 5.56 Å². The first-order valence-electron chi connectivity index (χ1n) is 6.03. The molecule has 1 aromatic rings. The van der Waals surface area contributed by atoms with Gasteiger partial charge in [-0.25, -0.2) is 10.2 Å². The highest BCUT2D eigenvalue weighted by Crippen LogP contribution is 2.04. The Morgan fingerprint density at radius 1 is 1.14 bits per heavy atom. The maximum Gasteiger partial charge on any atom is 0.335 e. The van der Waals surface area contributed by atoms with Crippen molar-refractivity contribution in [2.24, 2.45) is 5.10 Å². The molecule has 0 fully saturated rings. The number of aliphatic carboxylic acids is 1. The number of aromatic nitrogens is 1. The van der Waals surface area contributed by atoms with Crippen molar-refractivity contribution < 1.29 is 35.1 Å².